The molecule has 0 spiro atoms. The van der Waals surface area contributed by atoms with Crippen molar-refractivity contribution < 1.29 is 0 Å². The smallest absolute Gasteiger partial charge is 0.222 e. The summed E-state index contributed by atoms with van der Waals surface area (Å²) in [6, 6.07) is 0.505. The van der Waals surface area contributed by atoms with E-state index in [0.29, 0.717) is 12.0 Å². The summed E-state index contributed by atoms with van der Waals surface area (Å²) in [6.07, 6.45) is 1.11. The number of aromatic nitrogens is 2. The van der Waals surface area contributed by atoms with Crippen molar-refractivity contribution in [2.24, 2.45) is 0 Å². The van der Waals surface area contributed by atoms with E-state index in [4.69, 9.17) is 5.73 Å². The molecule has 3 N–H and O–H groups in total. The lowest BCUT2D eigenvalue weighted by molar-refractivity contribution is 0.257. The Morgan fingerprint density at radius 2 is 1.94 bits per heavy atom. The number of nitrogen functional groups attached to an aromatic ring is 1. The highest BCUT2D eigenvalue weighted by Crippen LogP contribution is 2.16. The molecule has 0 saturated heterocycles. The summed E-state index contributed by atoms with van der Waals surface area (Å²) in [7, 11) is 2.14. The van der Waals surface area contributed by atoms with Crippen LogP contribution in [0.4, 0.5) is 11.8 Å². The normalized spacial score (nSPS) is 12.8. The zero-order valence-corrected chi connectivity index (χ0v) is 12.1. The zero-order valence-electron chi connectivity index (χ0n) is 12.1. The van der Waals surface area contributed by atoms with Crippen LogP contribution in [-0.4, -0.2) is 41.0 Å². The van der Waals surface area contributed by atoms with Gasteiger partial charge in [-0.1, -0.05) is 13.8 Å². The van der Waals surface area contributed by atoms with Gasteiger partial charge >= 0.3 is 0 Å². The van der Waals surface area contributed by atoms with Crippen LogP contribution in [-0.2, 0) is 0 Å². The third kappa shape index (κ3) is 3.57. The number of anilines is 2. The van der Waals surface area contributed by atoms with Crippen molar-refractivity contribution in [1.29, 1.82) is 0 Å². The Morgan fingerprint density at radius 1 is 1.28 bits per heavy atom. The zero-order chi connectivity index (χ0) is 13.7. The van der Waals surface area contributed by atoms with E-state index in [9.17, 15) is 0 Å². The summed E-state index contributed by atoms with van der Waals surface area (Å²) < 4.78 is 0. The van der Waals surface area contributed by atoms with Crippen LogP contribution in [0.25, 0.3) is 0 Å². The van der Waals surface area contributed by atoms with Gasteiger partial charge in [-0.3, -0.25) is 0 Å². The number of hydrogen-bond acceptors (Lipinski definition) is 5. The fourth-order valence-corrected chi connectivity index (χ4v) is 1.91. The lowest BCUT2D eigenvalue weighted by atomic mass is 10.2. The number of aryl methyl sites for hydroxylation is 1. The second-order valence-electron chi connectivity index (χ2n) is 4.66. The van der Waals surface area contributed by atoms with Gasteiger partial charge in [0.25, 0.3) is 0 Å². The molecule has 0 aliphatic heterocycles. The van der Waals surface area contributed by atoms with Crippen LogP contribution in [0, 0.1) is 13.8 Å². The third-order valence-electron chi connectivity index (χ3n) is 3.51. The summed E-state index contributed by atoms with van der Waals surface area (Å²) in [4.78, 5) is 10.7. The van der Waals surface area contributed by atoms with Gasteiger partial charge in [0.2, 0.25) is 5.95 Å². The van der Waals surface area contributed by atoms with Crippen molar-refractivity contribution >= 4 is 11.8 Å². The molecule has 0 aromatic carbocycles. The molecule has 1 atom stereocenters. The van der Waals surface area contributed by atoms with Gasteiger partial charge in [0.1, 0.15) is 5.82 Å². The topological polar surface area (TPSA) is 67.1 Å². The molecule has 102 valence electrons. The van der Waals surface area contributed by atoms with Crippen LogP contribution >= 0.6 is 0 Å². The van der Waals surface area contributed by atoms with E-state index >= 15 is 0 Å². The average Bonchev–Trinajstić information content (AvgIpc) is 2.35. The second-order valence-corrected chi connectivity index (χ2v) is 4.66. The first-order valence-electron chi connectivity index (χ1n) is 6.54. The van der Waals surface area contributed by atoms with Crippen molar-refractivity contribution in [1.82, 2.24) is 14.9 Å². The Kier molecular flexibility index (Phi) is 5.34. The van der Waals surface area contributed by atoms with Gasteiger partial charge in [-0.25, -0.2) is 4.98 Å². The van der Waals surface area contributed by atoms with Crippen LogP contribution < -0.4 is 11.1 Å². The van der Waals surface area contributed by atoms with Gasteiger partial charge in [-0.15, -0.1) is 0 Å². The Labute approximate surface area is 110 Å². The van der Waals surface area contributed by atoms with Crippen molar-refractivity contribution in [3.63, 3.8) is 0 Å². The molecule has 0 fully saturated rings. The maximum Gasteiger partial charge on any atom is 0.222 e. The molecule has 18 heavy (non-hydrogen) atoms. The first-order valence-corrected chi connectivity index (χ1v) is 6.54. The predicted molar refractivity (Wildman–Crippen MR) is 76.8 cm³/mol. The number of nitrogens with zero attached hydrogens (tertiary/aromatic N) is 3. The van der Waals surface area contributed by atoms with Crippen molar-refractivity contribution in [2.45, 2.75) is 40.2 Å². The van der Waals surface area contributed by atoms with E-state index in [-0.39, 0.29) is 0 Å². The molecule has 0 bridgehead atoms. The summed E-state index contributed by atoms with van der Waals surface area (Å²) in [6.45, 7) is 10.3. The highest BCUT2D eigenvalue weighted by Gasteiger charge is 2.12. The minimum atomic E-state index is 0.331. The summed E-state index contributed by atoms with van der Waals surface area (Å²) in [5.74, 6) is 1.18. The molecule has 0 aliphatic carbocycles. The van der Waals surface area contributed by atoms with E-state index in [1.165, 1.54) is 0 Å². The summed E-state index contributed by atoms with van der Waals surface area (Å²) in [5.41, 5.74) is 7.68. The molecule has 1 aromatic heterocycles. The van der Waals surface area contributed by atoms with Crippen LogP contribution in [0.5, 0.6) is 0 Å². The van der Waals surface area contributed by atoms with E-state index in [1.807, 2.05) is 13.8 Å². The maximum atomic E-state index is 5.68. The Balaban J connectivity index is 2.73. The Bertz CT molecular complexity index is 391. The lowest BCUT2D eigenvalue weighted by Crippen LogP contribution is -2.36. The minimum absolute atomic E-state index is 0.331. The number of nitrogens with two attached hydrogens (primary N) is 1. The molecule has 0 saturated carbocycles. The monoisotopic (exact) mass is 251 g/mol. The van der Waals surface area contributed by atoms with Gasteiger partial charge in [0.15, 0.2) is 0 Å². The molecule has 1 rings (SSSR count). The Hall–Kier alpha value is -1.36. The predicted octanol–water partition coefficient (Wildman–Crippen LogP) is 1.82. The average molecular weight is 251 g/mol. The quantitative estimate of drug-likeness (QED) is 0.807. The maximum absolute atomic E-state index is 5.68. The lowest BCUT2D eigenvalue weighted by Gasteiger charge is -2.26. The number of hydrogen-bond donors (Lipinski definition) is 2. The SMILES string of the molecule is CCC(CNc1nc(N)nc(C)c1C)N(C)CC. The van der Waals surface area contributed by atoms with Crippen molar-refractivity contribution in [3.8, 4) is 0 Å². The van der Waals surface area contributed by atoms with Crippen molar-refractivity contribution in [2.75, 3.05) is 31.2 Å². The number of rotatable bonds is 6. The standard InChI is InChI=1S/C13H25N5/c1-6-11(18(5)7-2)8-15-12-9(3)10(4)16-13(14)17-12/h11H,6-8H2,1-5H3,(H3,14,15,16,17). The molecular formula is C13H25N5. The third-order valence-corrected chi connectivity index (χ3v) is 3.51. The largest absolute Gasteiger partial charge is 0.368 e. The van der Waals surface area contributed by atoms with Gasteiger partial charge < -0.3 is 16.0 Å². The molecule has 0 radical (unpaired) electrons. The van der Waals surface area contributed by atoms with E-state index in [0.717, 1.165) is 36.6 Å². The van der Waals surface area contributed by atoms with Crippen LogP contribution in [0.3, 0.4) is 0 Å². The molecular weight excluding hydrogens is 226 g/mol. The molecule has 1 heterocycles. The Morgan fingerprint density at radius 3 is 2.50 bits per heavy atom. The summed E-state index contributed by atoms with van der Waals surface area (Å²) >= 11 is 0. The molecule has 0 amide bonds. The van der Waals surface area contributed by atoms with E-state index in [2.05, 4.69) is 41.1 Å². The number of nitrogens with one attached hydrogen (secondary N) is 1. The molecule has 5 heteroatoms. The molecule has 5 nitrogen and oxygen atoms in total. The fourth-order valence-electron chi connectivity index (χ4n) is 1.91. The molecule has 0 aliphatic rings. The summed E-state index contributed by atoms with van der Waals surface area (Å²) in [5, 5.41) is 3.39. The highest BCUT2D eigenvalue weighted by atomic mass is 15.2. The van der Waals surface area contributed by atoms with Gasteiger partial charge in [0, 0.05) is 23.8 Å². The van der Waals surface area contributed by atoms with Crippen molar-refractivity contribution in [3.05, 3.63) is 11.3 Å². The highest BCUT2D eigenvalue weighted by molar-refractivity contribution is 5.48. The van der Waals surface area contributed by atoms with Crippen LogP contribution in [0.1, 0.15) is 31.5 Å². The second kappa shape index (κ2) is 6.54. The molecule has 1 unspecified atom stereocenters. The van der Waals surface area contributed by atoms with E-state index in [1.54, 1.807) is 0 Å². The van der Waals surface area contributed by atoms with Crippen LogP contribution in [0.15, 0.2) is 0 Å². The molecule has 1 aromatic rings. The van der Waals surface area contributed by atoms with Crippen LogP contribution in [0.2, 0.25) is 0 Å². The number of likely N-dealkylation sites (N-methyl/N-ethyl adjacent to an activating group) is 1. The minimum Gasteiger partial charge on any atom is -0.368 e. The fraction of sp³-hybridized carbons (Fsp3) is 0.692. The first kappa shape index (κ1) is 14.7. The van der Waals surface area contributed by atoms with Gasteiger partial charge in [0.05, 0.1) is 0 Å². The van der Waals surface area contributed by atoms with E-state index < -0.39 is 0 Å². The first-order chi connectivity index (χ1) is 8.49. The van der Waals surface area contributed by atoms with Gasteiger partial charge in [-0.2, -0.15) is 4.98 Å². The van der Waals surface area contributed by atoms with Gasteiger partial charge in [-0.05, 0) is 33.9 Å².